The van der Waals surface area contributed by atoms with Gasteiger partial charge in [0.2, 0.25) is 0 Å². The summed E-state index contributed by atoms with van der Waals surface area (Å²) >= 11 is 11.9. The van der Waals surface area contributed by atoms with E-state index < -0.39 is 0 Å². The van der Waals surface area contributed by atoms with Crippen molar-refractivity contribution >= 4 is 29.1 Å². The number of rotatable bonds is 3. The van der Waals surface area contributed by atoms with Gasteiger partial charge in [-0.25, -0.2) is 0 Å². The Morgan fingerprint density at radius 1 is 1.44 bits per heavy atom. The minimum atomic E-state index is -0.187. The molecule has 1 aliphatic heterocycles. The zero-order chi connectivity index (χ0) is 13.0. The molecule has 0 saturated carbocycles. The fraction of sp³-hybridized carbons (Fsp3) is 0.462. The molecule has 0 radical (unpaired) electrons. The molecule has 1 N–H and O–H groups in total. The average molecular weight is 288 g/mol. The maximum atomic E-state index is 12.0. The topological polar surface area (TPSA) is 38.3 Å². The number of halogens is 2. The maximum absolute atomic E-state index is 12.0. The van der Waals surface area contributed by atoms with Crippen LogP contribution in [0.25, 0.3) is 0 Å². The van der Waals surface area contributed by atoms with Crippen molar-refractivity contribution in [2.75, 3.05) is 19.8 Å². The first-order chi connectivity index (χ1) is 8.68. The number of benzene rings is 1. The third-order valence-electron chi connectivity index (χ3n) is 3.00. The summed E-state index contributed by atoms with van der Waals surface area (Å²) < 4.78 is 5.36. The van der Waals surface area contributed by atoms with Crippen molar-refractivity contribution in [3.8, 4) is 0 Å². The van der Waals surface area contributed by atoms with Crippen LogP contribution in [-0.2, 0) is 4.74 Å². The van der Waals surface area contributed by atoms with Crippen LogP contribution in [0.3, 0.4) is 0 Å². The summed E-state index contributed by atoms with van der Waals surface area (Å²) in [6.07, 6.45) is 2.14. The molecular formula is C13H15Cl2NO2. The third kappa shape index (κ3) is 3.37. The Morgan fingerprint density at radius 3 is 3.00 bits per heavy atom. The molecule has 0 bridgehead atoms. The zero-order valence-electron chi connectivity index (χ0n) is 9.92. The molecule has 0 spiro atoms. The van der Waals surface area contributed by atoms with Crippen LogP contribution in [-0.4, -0.2) is 25.7 Å². The normalized spacial score (nSPS) is 19.6. The van der Waals surface area contributed by atoms with Gasteiger partial charge >= 0.3 is 0 Å². The Bertz CT molecular complexity index is 431. The van der Waals surface area contributed by atoms with Gasteiger partial charge in [0.15, 0.2) is 0 Å². The lowest BCUT2D eigenvalue weighted by atomic mass is 10.0. The van der Waals surface area contributed by atoms with Crippen LogP contribution in [0.5, 0.6) is 0 Å². The first-order valence-corrected chi connectivity index (χ1v) is 6.74. The number of hydrogen-bond donors (Lipinski definition) is 1. The van der Waals surface area contributed by atoms with Gasteiger partial charge in [0.05, 0.1) is 22.2 Å². The van der Waals surface area contributed by atoms with Gasteiger partial charge in [-0.2, -0.15) is 0 Å². The molecule has 1 heterocycles. The molecule has 0 aliphatic carbocycles. The molecular weight excluding hydrogens is 273 g/mol. The largest absolute Gasteiger partial charge is 0.381 e. The van der Waals surface area contributed by atoms with Gasteiger partial charge in [-0.05, 0) is 30.9 Å². The SMILES string of the molecule is O=C(NCC1CCCOC1)c1cccc(Cl)c1Cl. The van der Waals surface area contributed by atoms with Crippen molar-refractivity contribution in [3.05, 3.63) is 33.8 Å². The highest BCUT2D eigenvalue weighted by Crippen LogP contribution is 2.25. The lowest BCUT2D eigenvalue weighted by molar-refractivity contribution is 0.0536. The monoisotopic (exact) mass is 287 g/mol. The predicted octanol–water partition coefficient (Wildman–Crippen LogP) is 3.15. The fourth-order valence-corrected chi connectivity index (χ4v) is 2.37. The first kappa shape index (κ1) is 13.7. The van der Waals surface area contributed by atoms with E-state index in [0.717, 1.165) is 19.4 Å². The summed E-state index contributed by atoms with van der Waals surface area (Å²) in [4.78, 5) is 12.0. The quantitative estimate of drug-likeness (QED) is 0.928. The molecule has 3 nitrogen and oxygen atoms in total. The van der Waals surface area contributed by atoms with E-state index in [1.807, 2.05) is 0 Å². The molecule has 18 heavy (non-hydrogen) atoms. The molecule has 2 rings (SSSR count). The van der Waals surface area contributed by atoms with Gasteiger partial charge in [0.25, 0.3) is 5.91 Å². The van der Waals surface area contributed by atoms with Crippen molar-refractivity contribution in [2.24, 2.45) is 5.92 Å². The molecule has 1 unspecified atom stereocenters. The number of carbonyl (C=O) groups excluding carboxylic acids is 1. The number of hydrogen-bond acceptors (Lipinski definition) is 2. The van der Waals surface area contributed by atoms with Crippen LogP contribution in [0.1, 0.15) is 23.2 Å². The fourth-order valence-electron chi connectivity index (χ4n) is 1.98. The second-order valence-corrected chi connectivity index (χ2v) is 5.18. The van der Waals surface area contributed by atoms with Crippen molar-refractivity contribution < 1.29 is 9.53 Å². The van der Waals surface area contributed by atoms with Crippen LogP contribution in [0.15, 0.2) is 18.2 Å². The highest BCUT2D eigenvalue weighted by molar-refractivity contribution is 6.43. The van der Waals surface area contributed by atoms with Crippen molar-refractivity contribution in [1.29, 1.82) is 0 Å². The number of carbonyl (C=O) groups is 1. The minimum absolute atomic E-state index is 0.187. The lowest BCUT2D eigenvalue weighted by Gasteiger charge is -2.22. The van der Waals surface area contributed by atoms with Gasteiger partial charge in [0, 0.05) is 13.2 Å². The van der Waals surface area contributed by atoms with Crippen LogP contribution in [0, 0.1) is 5.92 Å². The molecule has 0 aromatic heterocycles. The van der Waals surface area contributed by atoms with E-state index in [0.29, 0.717) is 34.7 Å². The molecule has 1 fully saturated rings. The average Bonchev–Trinajstić information content (AvgIpc) is 2.40. The van der Waals surface area contributed by atoms with E-state index in [9.17, 15) is 4.79 Å². The first-order valence-electron chi connectivity index (χ1n) is 5.98. The highest BCUT2D eigenvalue weighted by atomic mass is 35.5. The molecule has 1 atom stereocenters. The summed E-state index contributed by atoms with van der Waals surface area (Å²) in [6.45, 7) is 2.15. The molecule has 98 valence electrons. The van der Waals surface area contributed by atoms with Crippen LogP contribution >= 0.6 is 23.2 Å². The summed E-state index contributed by atoms with van der Waals surface area (Å²) in [5.74, 6) is 0.203. The Hall–Kier alpha value is -0.770. The minimum Gasteiger partial charge on any atom is -0.381 e. The Labute approximate surface area is 116 Å². The molecule has 1 aromatic rings. The Morgan fingerprint density at radius 2 is 2.28 bits per heavy atom. The zero-order valence-corrected chi connectivity index (χ0v) is 11.4. The number of nitrogens with one attached hydrogen (secondary N) is 1. The molecule has 1 saturated heterocycles. The Kier molecular flexibility index (Phi) is 4.87. The summed E-state index contributed by atoms with van der Waals surface area (Å²) in [7, 11) is 0. The molecule has 1 aromatic carbocycles. The van der Waals surface area contributed by atoms with E-state index in [1.54, 1.807) is 18.2 Å². The molecule has 5 heteroatoms. The number of ether oxygens (including phenoxy) is 1. The summed E-state index contributed by atoms with van der Waals surface area (Å²) in [6, 6.07) is 5.05. The summed E-state index contributed by atoms with van der Waals surface area (Å²) in [5, 5.41) is 3.57. The maximum Gasteiger partial charge on any atom is 0.252 e. The van der Waals surface area contributed by atoms with E-state index in [-0.39, 0.29) is 5.91 Å². The third-order valence-corrected chi connectivity index (χ3v) is 3.82. The van der Waals surface area contributed by atoms with E-state index in [4.69, 9.17) is 27.9 Å². The van der Waals surface area contributed by atoms with Crippen LogP contribution in [0.4, 0.5) is 0 Å². The van der Waals surface area contributed by atoms with Gasteiger partial charge in [-0.15, -0.1) is 0 Å². The van der Waals surface area contributed by atoms with E-state index in [1.165, 1.54) is 0 Å². The van der Waals surface area contributed by atoms with E-state index in [2.05, 4.69) is 5.32 Å². The van der Waals surface area contributed by atoms with Gasteiger partial charge < -0.3 is 10.1 Å². The van der Waals surface area contributed by atoms with Gasteiger partial charge in [-0.3, -0.25) is 4.79 Å². The second kappa shape index (κ2) is 6.41. The van der Waals surface area contributed by atoms with E-state index >= 15 is 0 Å². The molecule has 1 aliphatic rings. The van der Waals surface area contributed by atoms with Crippen LogP contribution in [0.2, 0.25) is 10.0 Å². The molecule has 1 amide bonds. The predicted molar refractivity (Wildman–Crippen MR) is 72.3 cm³/mol. The summed E-state index contributed by atoms with van der Waals surface area (Å²) in [5.41, 5.74) is 0.417. The number of amides is 1. The lowest BCUT2D eigenvalue weighted by Crippen LogP contribution is -2.33. The second-order valence-electron chi connectivity index (χ2n) is 4.39. The Balaban J connectivity index is 1.93. The highest BCUT2D eigenvalue weighted by Gasteiger charge is 2.17. The van der Waals surface area contributed by atoms with Gasteiger partial charge in [-0.1, -0.05) is 29.3 Å². The van der Waals surface area contributed by atoms with Crippen molar-refractivity contribution in [3.63, 3.8) is 0 Å². The van der Waals surface area contributed by atoms with Gasteiger partial charge in [0.1, 0.15) is 0 Å². The standard InChI is InChI=1S/C13H15Cl2NO2/c14-11-5-1-4-10(12(11)15)13(17)16-7-9-3-2-6-18-8-9/h1,4-5,9H,2-3,6-8H2,(H,16,17). The van der Waals surface area contributed by atoms with Crippen molar-refractivity contribution in [2.45, 2.75) is 12.8 Å². The van der Waals surface area contributed by atoms with Crippen molar-refractivity contribution in [1.82, 2.24) is 5.32 Å². The van der Waals surface area contributed by atoms with Crippen LogP contribution < -0.4 is 5.32 Å². The smallest absolute Gasteiger partial charge is 0.252 e.